The predicted octanol–water partition coefficient (Wildman–Crippen LogP) is 4.26. The molecule has 0 unspecified atom stereocenters. The monoisotopic (exact) mass is 471 g/mol. The molecule has 0 saturated carbocycles. The number of aromatic hydroxyl groups is 1. The molecule has 1 aromatic heterocycles. The Morgan fingerprint density at radius 1 is 0.971 bits per heavy atom. The average Bonchev–Trinajstić information content (AvgIpc) is 3.27. The van der Waals surface area contributed by atoms with E-state index in [1.807, 2.05) is 19.1 Å². The van der Waals surface area contributed by atoms with Crippen LogP contribution in [0.25, 0.3) is 10.9 Å². The second kappa shape index (κ2) is 10.1. The molecule has 0 saturated heterocycles. The predicted molar refractivity (Wildman–Crippen MR) is 132 cm³/mol. The lowest BCUT2D eigenvalue weighted by atomic mass is 10.0. The van der Waals surface area contributed by atoms with E-state index in [0.29, 0.717) is 22.3 Å². The molecular formula is C27H25N3O5. The molecule has 2 amide bonds. The fourth-order valence-corrected chi connectivity index (χ4v) is 3.88. The van der Waals surface area contributed by atoms with Crippen LogP contribution in [0, 0.1) is 0 Å². The molecule has 0 fully saturated rings. The second-order valence-electron chi connectivity index (χ2n) is 8.06. The van der Waals surface area contributed by atoms with Gasteiger partial charge in [0, 0.05) is 11.6 Å². The summed E-state index contributed by atoms with van der Waals surface area (Å²) in [5, 5.41) is 16.4. The molecule has 4 rings (SSSR count). The van der Waals surface area contributed by atoms with Crippen LogP contribution >= 0.6 is 0 Å². The summed E-state index contributed by atoms with van der Waals surface area (Å²) in [5.41, 5.74) is 2.64. The highest BCUT2D eigenvalue weighted by molar-refractivity contribution is 6.06. The summed E-state index contributed by atoms with van der Waals surface area (Å²) in [5.74, 6) is -1.07. The molecular weight excluding hydrogens is 446 g/mol. The number of carbonyl (C=O) groups excluding carboxylic acids is 3. The number of aromatic nitrogens is 1. The van der Waals surface area contributed by atoms with Gasteiger partial charge in [0.25, 0.3) is 5.91 Å². The molecule has 0 bridgehead atoms. The molecule has 0 radical (unpaired) electrons. The summed E-state index contributed by atoms with van der Waals surface area (Å²) in [6.07, 6.45) is 1.75. The lowest BCUT2D eigenvalue weighted by molar-refractivity contribution is -0.116. The first-order valence-electron chi connectivity index (χ1n) is 11.0. The summed E-state index contributed by atoms with van der Waals surface area (Å²) >= 11 is 0. The maximum Gasteiger partial charge on any atom is 0.337 e. The van der Waals surface area contributed by atoms with E-state index >= 15 is 0 Å². The van der Waals surface area contributed by atoms with Crippen molar-refractivity contribution >= 4 is 34.4 Å². The van der Waals surface area contributed by atoms with Gasteiger partial charge in [-0.2, -0.15) is 0 Å². The maximum atomic E-state index is 13.2. The Morgan fingerprint density at radius 3 is 2.43 bits per heavy atom. The lowest BCUT2D eigenvalue weighted by Crippen LogP contribution is -2.27. The van der Waals surface area contributed by atoms with Crippen LogP contribution in [0.4, 0.5) is 5.69 Å². The van der Waals surface area contributed by atoms with Crippen LogP contribution in [0.2, 0.25) is 0 Å². The highest BCUT2D eigenvalue weighted by Crippen LogP contribution is 2.24. The van der Waals surface area contributed by atoms with E-state index in [9.17, 15) is 19.5 Å². The van der Waals surface area contributed by atoms with E-state index in [0.717, 1.165) is 10.9 Å². The Labute approximate surface area is 202 Å². The third-order valence-electron chi connectivity index (χ3n) is 5.70. The van der Waals surface area contributed by atoms with Crippen LogP contribution in [0.5, 0.6) is 5.75 Å². The SMILES string of the molecule is COC(=O)c1ccc([C@H](C)NC(=O)c2cccc3ccn(CC(=O)Nc4ccccc4O)c23)cc1. The molecule has 1 atom stereocenters. The number of nitrogens with zero attached hydrogens (tertiary/aromatic N) is 1. The van der Waals surface area contributed by atoms with Crippen molar-refractivity contribution in [3.05, 3.63) is 95.7 Å². The van der Waals surface area contributed by atoms with Crippen LogP contribution in [0.1, 0.15) is 39.2 Å². The smallest absolute Gasteiger partial charge is 0.337 e. The summed E-state index contributed by atoms with van der Waals surface area (Å²) < 4.78 is 6.42. The van der Waals surface area contributed by atoms with Gasteiger partial charge < -0.3 is 25.0 Å². The molecule has 3 aromatic carbocycles. The van der Waals surface area contributed by atoms with Gasteiger partial charge in [0.1, 0.15) is 12.3 Å². The standard InChI is InChI=1S/C27H25N3O5/c1-17(18-10-12-20(13-11-18)27(34)35-2)28-26(33)21-7-5-6-19-14-15-30(25(19)21)16-24(32)29-22-8-3-4-9-23(22)31/h3-15,17,31H,16H2,1-2H3,(H,28,33)(H,29,32)/t17-/m0/s1. The van der Waals surface area contributed by atoms with Crippen molar-refractivity contribution in [2.45, 2.75) is 19.5 Å². The summed E-state index contributed by atoms with van der Waals surface area (Å²) in [4.78, 5) is 37.5. The molecule has 0 aliphatic rings. The summed E-state index contributed by atoms with van der Waals surface area (Å²) in [7, 11) is 1.32. The van der Waals surface area contributed by atoms with Crippen LogP contribution in [-0.4, -0.2) is 34.6 Å². The number of hydrogen-bond donors (Lipinski definition) is 3. The van der Waals surface area contributed by atoms with Crippen LogP contribution in [-0.2, 0) is 16.1 Å². The van der Waals surface area contributed by atoms with Gasteiger partial charge in [0.15, 0.2) is 0 Å². The molecule has 0 aliphatic carbocycles. The Bertz CT molecular complexity index is 1390. The number of ether oxygens (including phenoxy) is 1. The zero-order valence-corrected chi connectivity index (χ0v) is 19.3. The minimum atomic E-state index is -0.424. The first kappa shape index (κ1) is 23.6. The van der Waals surface area contributed by atoms with Crippen molar-refractivity contribution in [1.82, 2.24) is 9.88 Å². The van der Waals surface area contributed by atoms with Crippen molar-refractivity contribution in [1.29, 1.82) is 0 Å². The van der Waals surface area contributed by atoms with Crippen LogP contribution in [0.3, 0.4) is 0 Å². The highest BCUT2D eigenvalue weighted by atomic mass is 16.5. The first-order chi connectivity index (χ1) is 16.9. The Morgan fingerprint density at radius 2 is 1.71 bits per heavy atom. The molecule has 8 heteroatoms. The van der Waals surface area contributed by atoms with Crippen LogP contribution in [0.15, 0.2) is 79.0 Å². The zero-order chi connectivity index (χ0) is 24.9. The quantitative estimate of drug-likeness (QED) is 0.276. The molecule has 4 aromatic rings. The van der Waals surface area contributed by atoms with E-state index in [4.69, 9.17) is 4.74 Å². The van der Waals surface area contributed by atoms with E-state index in [2.05, 4.69) is 10.6 Å². The van der Waals surface area contributed by atoms with E-state index in [1.165, 1.54) is 13.2 Å². The first-order valence-corrected chi connectivity index (χ1v) is 11.0. The molecule has 35 heavy (non-hydrogen) atoms. The summed E-state index contributed by atoms with van der Waals surface area (Å²) in [6.45, 7) is 1.82. The van der Waals surface area contributed by atoms with Crippen LogP contribution < -0.4 is 10.6 Å². The number of carbonyl (C=O) groups is 3. The third-order valence-corrected chi connectivity index (χ3v) is 5.70. The number of esters is 1. The number of methoxy groups -OCH3 is 1. The van der Waals surface area contributed by atoms with Gasteiger partial charge >= 0.3 is 5.97 Å². The number of amides is 2. The van der Waals surface area contributed by atoms with Crippen molar-refractivity contribution in [2.75, 3.05) is 12.4 Å². The van der Waals surface area contributed by atoms with E-state index in [1.54, 1.807) is 65.4 Å². The Balaban J connectivity index is 1.52. The number of benzene rings is 3. The Hall–Kier alpha value is -4.59. The van der Waals surface area contributed by atoms with Crippen molar-refractivity contribution in [3.63, 3.8) is 0 Å². The molecule has 8 nitrogen and oxygen atoms in total. The number of hydrogen-bond acceptors (Lipinski definition) is 5. The molecule has 178 valence electrons. The number of para-hydroxylation sites is 3. The fraction of sp³-hybridized carbons (Fsp3) is 0.148. The van der Waals surface area contributed by atoms with Gasteiger partial charge in [0.2, 0.25) is 5.91 Å². The van der Waals surface area contributed by atoms with Gasteiger partial charge in [-0.3, -0.25) is 9.59 Å². The van der Waals surface area contributed by atoms with Gasteiger partial charge in [-0.25, -0.2) is 4.79 Å². The maximum absolute atomic E-state index is 13.2. The van der Waals surface area contributed by atoms with Gasteiger partial charge in [-0.05, 0) is 48.9 Å². The van der Waals surface area contributed by atoms with E-state index < -0.39 is 5.97 Å². The van der Waals surface area contributed by atoms with Crippen molar-refractivity contribution < 1.29 is 24.2 Å². The fourth-order valence-electron chi connectivity index (χ4n) is 3.88. The number of phenolic OH excluding ortho intramolecular Hbond substituents is 1. The third kappa shape index (κ3) is 5.16. The lowest BCUT2D eigenvalue weighted by Gasteiger charge is -2.16. The molecule has 0 aliphatic heterocycles. The van der Waals surface area contributed by atoms with Gasteiger partial charge in [0.05, 0.1) is 35.5 Å². The van der Waals surface area contributed by atoms with E-state index in [-0.39, 0.29) is 30.2 Å². The largest absolute Gasteiger partial charge is 0.506 e. The molecule has 1 heterocycles. The number of rotatable bonds is 7. The van der Waals surface area contributed by atoms with Gasteiger partial charge in [-0.1, -0.05) is 36.4 Å². The highest BCUT2D eigenvalue weighted by Gasteiger charge is 2.18. The number of fused-ring (bicyclic) bond motifs is 1. The molecule has 0 spiro atoms. The Kier molecular flexibility index (Phi) is 6.82. The second-order valence-corrected chi connectivity index (χ2v) is 8.06. The average molecular weight is 472 g/mol. The summed E-state index contributed by atoms with van der Waals surface area (Å²) in [6, 6.07) is 20.2. The minimum absolute atomic E-state index is 0.0214. The minimum Gasteiger partial charge on any atom is -0.506 e. The zero-order valence-electron chi connectivity index (χ0n) is 19.3. The topological polar surface area (TPSA) is 110 Å². The van der Waals surface area contributed by atoms with Gasteiger partial charge in [-0.15, -0.1) is 0 Å². The molecule has 3 N–H and O–H groups in total. The number of phenols is 1. The number of nitrogens with one attached hydrogen (secondary N) is 2. The van der Waals surface area contributed by atoms with Crippen molar-refractivity contribution in [3.8, 4) is 5.75 Å². The van der Waals surface area contributed by atoms with Crippen molar-refractivity contribution in [2.24, 2.45) is 0 Å². The normalized spacial score (nSPS) is 11.6. The number of anilines is 1.